The zero-order chi connectivity index (χ0) is 8.55. The SMILES string of the molecule is C=C1c2ccccc2C=NN1S. The lowest BCUT2D eigenvalue weighted by atomic mass is 10.1. The lowest BCUT2D eigenvalue weighted by molar-refractivity contribution is 0.714. The molecule has 0 unspecified atom stereocenters. The highest BCUT2D eigenvalue weighted by Crippen LogP contribution is 2.25. The third kappa shape index (κ3) is 1.02. The molecular formula is C9H8N2S. The second kappa shape index (κ2) is 2.68. The Bertz CT molecular complexity index is 357. The molecule has 1 heterocycles. The molecule has 12 heavy (non-hydrogen) atoms. The Hall–Kier alpha value is -1.22. The predicted molar refractivity (Wildman–Crippen MR) is 53.9 cm³/mol. The van der Waals surface area contributed by atoms with Gasteiger partial charge in [-0.1, -0.05) is 30.8 Å². The Kier molecular flexibility index (Phi) is 1.66. The van der Waals surface area contributed by atoms with Crippen molar-refractivity contribution >= 4 is 24.7 Å². The van der Waals surface area contributed by atoms with Crippen LogP contribution in [0.4, 0.5) is 0 Å². The largest absolute Gasteiger partial charge is 0.210 e. The van der Waals surface area contributed by atoms with E-state index >= 15 is 0 Å². The molecule has 0 aromatic heterocycles. The fourth-order valence-electron chi connectivity index (χ4n) is 1.17. The van der Waals surface area contributed by atoms with Gasteiger partial charge in [-0.2, -0.15) is 5.10 Å². The van der Waals surface area contributed by atoms with E-state index in [2.05, 4.69) is 24.5 Å². The molecule has 0 bridgehead atoms. The quantitative estimate of drug-likeness (QED) is 0.599. The molecule has 0 spiro atoms. The van der Waals surface area contributed by atoms with Crippen molar-refractivity contribution < 1.29 is 0 Å². The molecule has 0 atom stereocenters. The molecule has 0 radical (unpaired) electrons. The lowest BCUT2D eigenvalue weighted by Crippen LogP contribution is -2.10. The van der Waals surface area contributed by atoms with E-state index in [0.29, 0.717) is 0 Å². The fourth-order valence-corrected chi connectivity index (χ4v) is 1.33. The van der Waals surface area contributed by atoms with Gasteiger partial charge in [0.1, 0.15) is 0 Å². The van der Waals surface area contributed by atoms with E-state index in [1.165, 1.54) is 4.41 Å². The summed E-state index contributed by atoms with van der Waals surface area (Å²) in [4.78, 5) is 0. The number of hydrazone groups is 1. The van der Waals surface area contributed by atoms with Gasteiger partial charge >= 0.3 is 0 Å². The summed E-state index contributed by atoms with van der Waals surface area (Å²) >= 11 is 4.12. The zero-order valence-corrected chi connectivity index (χ0v) is 7.33. The third-order valence-electron chi connectivity index (χ3n) is 1.82. The molecule has 2 nitrogen and oxygen atoms in total. The van der Waals surface area contributed by atoms with Gasteiger partial charge in [-0.3, -0.25) is 0 Å². The maximum absolute atomic E-state index is 4.12. The maximum atomic E-state index is 4.12. The van der Waals surface area contributed by atoms with Crippen LogP contribution in [0.1, 0.15) is 11.1 Å². The van der Waals surface area contributed by atoms with Crippen molar-refractivity contribution in [2.24, 2.45) is 5.10 Å². The van der Waals surface area contributed by atoms with Crippen LogP contribution < -0.4 is 0 Å². The van der Waals surface area contributed by atoms with Gasteiger partial charge in [0, 0.05) is 11.1 Å². The van der Waals surface area contributed by atoms with E-state index in [4.69, 9.17) is 0 Å². The van der Waals surface area contributed by atoms with Crippen LogP contribution in [0, 0.1) is 0 Å². The number of benzene rings is 1. The van der Waals surface area contributed by atoms with Crippen molar-refractivity contribution in [3.8, 4) is 0 Å². The van der Waals surface area contributed by atoms with Crippen molar-refractivity contribution in [1.82, 2.24) is 4.41 Å². The summed E-state index contributed by atoms with van der Waals surface area (Å²) in [5, 5.41) is 4.03. The number of hydrogen-bond acceptors (Lipinski definition) is 3. The molecule has 1 aromatic carbocycles. The summed E-state index contributed by atoms with van der Waals surface area (Å²) in [6, 6.07) is 7.97. The molecule has 3 heteroatoms. The molecule has 0 N–H and O–H groups in total. The van der Waals surface area contributed by atoms with Gasteiger partial charge in [0.15, 0.2) is 0 Å². The number of rotatable bonds is 0. The first-order chi connectivity index (χ1) is 5.79. The highest BCUT2D eigenvalue weighted by molar-refractivity contribution is 7.78. The standard InChI is InChI=1S/C9H8N2S/c1-7-9-5-3-2-4-8(9)6-10-11(7)12/h2-6,12H,1H2. The van der Waals surface area contributed by atoms with Crippen LogP contribution in [0.15, 0.2) is 35.9 Å². The molecule has 1 aliphatic rings. The Morgan fingerprint density at radius 1 is 1.33 bits per heavy atom. The van der Waals surface area contributed by atoms with Gasteiger partial charge in [0.25, 0.3) is 0 Å². The van der Waals surface area contributed by atoms with Gasteiger partial charge in [0.2, 0.25) is 0 Å². The van der Waals surface area contributed by atoms with Crippen molar-refractivity contribution in [1.29, 1.82) is 0 Å². The smallest absolute Gasteiger partial charge is 0.0727 e. The number of thiol groups is 1. The van der Waals surface area contributed by atoms with E-state index in [0.717, 1.165) is 16.8 Å². The van der Waals surface area contributed by atoms with Crippen LogP contribution in [0.25, 0.3) is 5.70 Å². The Balaban J connectivity index is 2.59. The number of nitrogens with zero attached hydrogens (tertiary/aromatic N) is 2. The summed E-state index contributed by atoms with van der Waals surface area (Å²) in [7, 11) is 0. The van der Waals surface area contributed by atoms with Crippen LogP contribution in [0.3, 0.4) is 0 Å². The van der Waals surface area contributed by atoms with Crippen molar-refractivity contribution in [3.63, 3.8) is 0 Å². The molecule has 0 fully saturated rings. The normalized spacial score (nSPS) is 14.8. The van der Waals surface area contributed by atoms with Gasteiger partial charge in [-0.15, -0.1) is 0 Å². The molecule has 0 aliphatic carbocycles. The Morgan fingerprint density at radius 3 is 2.92 bits per heavy atom. The van der Waals surface area contributed by atoms with Gasteiger partial charge in [0.05, 0.1) is 11.9 Å². The average Bonchev–Trinajstić information content (AvgIpc) is 2.12. The summed E-state index contributed by atoms with van der Waals surface area (Å²) in [5.41, 5.74) is 2.99. The Labute approximate surface area is 76.7 Å². The first-order valence-electron chi connectivity index (χ1n) is 3.60. The minimum atomic E-state index is 0.816. The molecule has 0 saturated carbocycles. The average molecular weight is 176 g/mol. The molecule has 1 aromatic rings. The molecule has 1 aliphatic heterocycles. The lowest BCUT2D eigenvalue weighted by Gasteiger charge is -2.20. The first-order valence-corrected chi connectivity index (χ1v) is 4.00. The highest BCUT2D eigenvalue weighted by Gasteiger charge is 2.12. The second-order valence-electron chi connectivity index (χ2n) is 2.57. The van der Waals surface area contributed by atoms with E-state index in [1.807, 2.05) is 24.3 Å². The summed E-state index contributed by atoms with van der Waals surface area (Å²) < 4.78 is 1.47. The maximum Gasteiger partial charge on any atom is 0.0727 e. The van der Waals surface area contributed by atoms with Crippen molar-refractivity contribution in [3.05, 3.63) is 42.0 Å². The molecule has 2 rings (SSSR count). The minimum absolute atomic E-state index is 0.816. The first kappa shape index (κ1) is 7.43. The molecular weight excluding hydrogens is 168 g/mol. The van der Waals surface area contributed by atoms with Gasteiger partial charge in [-0.25, -0.2) is 4.41 Å². The molecule has 0 saturated heterocycles. The van der Waals surface area contributed by atoms with E-state index in [9.17, 15) is 0 Å². The van der Waals surface area contributed by atoms with Gasteiger partial charge in [-0.05, 0) is 12.8 Å². The predicted octanol–water partition coefficient (Wildman–Crippen LogP) is 2.15. The summed E-state index contributed by atoms with van der Waals surface area (Å²) in [5.74, 6) is 0. The van der Waals surface area contributed by atoms with Crippen LogP contribution in [-0.2, 0) is 0 Å². The number of fused-ring (bicyclic) bond motifs is 1. The third-order valence-corrected chi connectivity index (χ3v) is 2.16. The summed E-state index contributed by atoms with van der Waals surface area (Å²) in [6.45, 7) is 3.87. The molecule has 0 amide bonds. The van der Waals surface area contributed by atoms with Gasteiger partial charge < -0.3 is 0 Å². The fraction of sp³-hybridized carbons (Fsp3) is 0. The Morgan fingerprint density at radius 2 is 2.08 bits per heavy atom. The minimum Gasteiger partial charge on any atom is -0.210 e. The topological polar surface area (TPSA) is 15.6 Å². The van der Waals surface area contributed by atoms with Crippen molar-refractivity contribution in [2.45, 2.75) is 0 Å². The van der Waals surface area contributed by atoms with Crippen LogP contribution in [0.2, 0.25) is 0 Å². The second-order valence-corrected chi connectivity index (χ2v) is 2.95. The van der Waals surface area contributed by atoms with E-state index < -0.39 is 0 Å². The number of hydrogen-bond donors (Lipinski definition) is 1. The van der Waals surface area contributed by atoms with E-state index in [1.54, 1.807) is 6.21 Å². The van der Waals surface area contributed by atoms with Crippen molar-refractivity contribution in [2.75, 3.05) is 0 Å². The van der Waals surface area contributed by atoms with Crippen LogP contribution >= 0.6 is 12.8 Å². The van der Waals surface area contributed by atoms with Crippen LogP contribution in [0.5, 0.6) is 0 Å². The monoisotopic (exact) mass is 176 g/mol. The van der Waals surface area contributed by atoms with E-state index in [-0.39, 0.29) is 0 Å². The van der Waals surface area contributed by atoms with Crippen LogP contribution in [-0.4, -0.2) is 10.6 Å². The highest BCUT2D eigenvalue weighted by atomic mass is 32.1. The molecule has 60 valence electrons. The zero-order valence-electron chi connectivity index (χ0n) is 6.44. The summed E-state index contributed by atoms with van der Waals surface area (Å²) in [6.07, 6.45) is 1.77.